The monoisotopic (exact) mass is 507 g/mol. The molecule has 0 aromatic rings. The molecule has 0 heterocycles. The minimum atomic E-state index is -3.56. The summed E-state index contributed by atoms with van der Waals surface area (Å²) in [7, 11) is 0. The zero-order chi connectivity index (χ0) is 17.3. The molecular weight excluding hydrogens is 485 g/mol. The average molecular weight is 507 g/mol. The Hall–Kier alpha value is -1.49. The van der Waals surface area contributed by atoms with Crippen molar-refractivity contribution in [2.45, 2.75) is 41.5 Å². The zero-order valence-electron chi connectivity index (χ0n) is 13.7. The first-order chi connectivity index (χ1) is 10.1. The second-order valence-electron chi connectivity index (χ2n) is 4.65. The summed E-state index contributed by atoms with van der Waals surface area (Å²) in [5.41, 5.74) is 0. The summed E-state index contributed by atoms with van der Waals surface area (Å²) < 4.78 is 16.7. The van der Waals surface area contributed by atoms with E-state index in [2.05, 4.69) is 0 Å². The normalized spacial score (nSPS) is 14.2. The van der Waals surface area contributed by atoms with Crippen molar-refractivity contribution < 1.29 is 22.8 Å². The van der Waals surface area contributed by atoms with Crippen LogP contribution >= 0.6 is 0 Å². The number of allylic oxidation sites excluding steroid dienone is 6. The molecule has 0 aliphatic rings. The summed E-state index contributed by atoms with van der Waals surface area (Å²) in [4.78, 5) is 33.1. The summed E-state index contributed by atoms with van der Waals surface area (Å²) in [6.45, 7) is 9.07. The third-order valence-corrected chi connectivity index (χ3v) is 7.65. The van der Waals surface area contributed by atoms with Gasteiger partial charge in [0.05, 0.1) is 0 Å². The molecule has 0 fully saturated rings. The van der Waals surface area contributed by atoms with E-state index in [4.69, 9.17) is 8.44 Å². The molecule has 1 radical (unpaired) electrons. The van der Waals surface area contributed by atoms with Crippen LogP contribution < -0.4 is 0 Å². The van der Waals surface area contributed by atoms with E-state index in [1.165, 1.54) is 39.0 Å². The molecule has 0 unspecified atom stereocenters. The number of carbonyl (C=O) groups is 3. The van der Waals surface area contributed by atoms with Gasteiger partial charge in [0.1, 0.15) is 0 Å². The number of hydrogen-bond acceptors (Lipinski definition) is 6. The fourth-order valence-corrected chi connectivity index (χ4v) is 5.64. The Labute approximate surface area is 140 Å². The standard InChI is InChI=1S/3C5H8O2.Bi.H/c3*1-4(6)3-5(2)7;;/h3*3,6H,1-2H3;;/q;;;+3;/p-3. The number of ketones is 3. The second-order valence-corrected chi connectivity index (χ2v) is 8.98. The van der Waals surface area contributed by atoms with Gasteiger partial charge in [0.15, 0.2) is 0 Å². The van der Waals surface area contributed by atoms with Crippen molar-refractivity contribution in [1.29, 1.82) is 0 Å². The van der Waals surface area contributed by atoms with Gasteiger partial charge in [-0.3, -0.25) is 0 Å². The van der Waals surface area contributed by atoms with Crippen molar-refractivity contribution in [2.75, 3.05) is 0 Å². The van der Waals surface area contributed by atoms with Crippen LogP contribution in [-0.4, -0.2) is 40.4 Å². The third kappa shape index (κ3) is 11.2. The number of rotatable bonds is 9. The average Bonchev–Trinajstić information content (AvgIpc) is 2.23. The van der Waals surface area contributed by atoms with Gasteiger partial charge in [-0.1, -0.05) is 0 Å². The molecule has 0 aromatic heterocycles. The molecular formula is C15H22BiO6. The van der Waals surface area contributed by atoms with E-state index in [9.17, 15) is 14.4 Å². The van der Waals surface area contributed by atoms with Crippen molar-refractivity contribution in [3.8, 4) is 0 Å². The molecule has 123 valence electrons. The van der Waals surface area contributed by atoms with E-state index in [0.717, 1.165) is 0 Å². The molecule has 0 amide bonds. The van der Waals surface area contributed by atoms with Crippen molar-refractivity contribution in [1.82, 2.24) is 0 Å². The van der Waals surface area contributed by atoms with Crippen molar-refractivity contribution in [2.24, 2.45) is 0 Å². The Kier molecular flexibility index (Phi) is 9.58. The van der Waals surface area contributed by atoms with Crippen molar-refractivity contribution in [3.05, 3.63) is 35.5 Å². The molecule has 0 atom stereocenters. The van der Waals surface area contributed by atoms with E-state index in [0.29, 0.717) is 17.3 Å². The molecule has 6 nitrogen and oxygen atoms in total. The Morgan fingerprint density at radius 3 is 1.00 bits per heavy atom. The molecule has 0 aliphatic carbocycles. The first-order valence-corrected chi connectivity index (χ1v) is 11.3. The summed E-state index contributed by atoms with van der Waals surface area (Å²) in [6.07, 6.45) is 3.97. The molecule has 0 aromatic carbocycles. The van der Waals surface area contributed by atoms with Gasteiger partial charge < -0.3 is 0 Å². The molecule has 0 aliphatic heterocycles. The zero-order valence-corrected chi connectivity index (χ0v) is 17.6. The molecule has 0 saturated heterocycles. The molecule has 0 bridgehead atoms. The van der Waals surface area contributed by atoms with Crippen LogP contribution in [0.15, 0.2) is 35.5 Å². The van der Waals surface area contributed by atoms with Crippen LogP contribution in [0.25, 0.3) is 0 Å². The second kappa shape index (κ2) is 10.3. The molecule has 7 heteroatoms. The van der Waals surface area contributed by atoms with Crippen LogP contribution in [0.1, 0.15) is 41.5 Å². The molecule has 0 saturated carbocycles. The fraction of sp³-hybridized carbons (Fsp3) is 0.400. The minimum absolute atomic E-state index is 0.157. The van der Waals surface area contributed by atoms with Gasteiger partial charge in [-0.25, -0.2) is 0 Å². The molecule has 0 N–H and O–H groups in total. The van der Waals surface area contributed by atoms with Gasteiger partial charge in [0.25, 0.3) is 0 Å². The Bertz CT molecular complexity index is 454. The third-order valence-electron chi connectivity index (χ3n) is 1.95. The van der Waals surface area contributed by atoms with Crippen LogP contribution in [0.3, 0.4) is 0 Å². The first kappa shape index (κ1) is 20.5. The van der Waals surface area contributed by atoms with Gasteiger partial charge in [-0.2, -0.15) is 0 Å². The van der Waals surface area contributed by atoms with E-state index >= 15 is 0 Å². The quantitative estimate of drug-likeness (QED) is 0.271. The van der Waals surface area contributed by atoms with Crippen molar-refractivity contribution in [3.63, 3.8) is 0 Å². The summed E-state index contributed by atoms with van der Waals surface area (Å²) in [5.74, 6) is 0.656. The maximum atomic E-state index is 11.0. The molecule has 0 spiro atoms. The van der Waals surface area contributed by atoms with Gasteiger partial charge in [0, 0.05) is 0 Å². The van der Waals surface area contributed by atoms with Crippen LogP contribution in [0.4, 0.5) is 0 Å². The summed E-state index contributed by atoms with van der Waals surface area (Å²) in [6, 6.07) is 0. The Morgan fingerprint density at radius 1 is 0.591 bits per heavy atom. The van der Waals surface area contributed by atoms with Gasteiger partial charge in [0.2, 0.25) is 0 Å². The molecule has 22 heavy (non-hydrogen) atoms. The predicted molar refractivity (Wildman–Crippen MR) is 83.7 cm³/mol. The van der Waals surface area contributed by atoms with E-state index in [1.807, 2.05) is 0 Å². The first-order valence-electron chi connectivity index (χ1n) is 6.57. The van der Waals surface area contributed by atoms with Crippen LogP contribution in [0, 0.1) is 0 Å². The maximum absolute atomic E-state index is 11.0. The number of hydrogen-bond donors (Lipinski definition) is 0. The van der Waals surface area contributed by atoms with E-state index in [1.54, 1.807) is 20.8 Å². The Morgan fingerprint density at radius 2 is 0.818 bits per heavy atom. The molecule has 0 rings (SSSR count). The van der Waals surface area contributed by atoms with Gasteiger partial charge in [-0.05, 0) is 0 Å². The summed E-state index contributed by atoms with van der Waals surface area (Å²) in [5, 5.41) is 0. The predicted octanol–water partition coefficient (Wildman–Crippen LogP) is 2.23. The topological polar surface area (TPSA) is 78.9 Å². The number of carbonyl (C=O) groups excluding carboxylic acids is 3. The van der Waals surface area contributed by atoms with E-state index < -0.39 is 23.1 Å². The SMILES string of the molecule is CC(=O)C=C(C)[O][BiH]([O]C(C)=CC(C)=O)[O]C(C)=CC(C)=O. The van der Waals surface area contributed by atoms with E-state index in [-0.39, 0.29) is 17.3 Å². The van der Waals surface area contributed by atoms with Crippen LogP contribution in [0.5, 0.6) is 0 Å². The van der Waals surface area contributed by atoms with Gasteiger partial charge in [-0.15, -0.1) is 0 Å². The summed E-state index contributed by atoms with van der Waals surface area (Å²) >= 11 is -3.56. The van der Waals surface area contributed by atoms with Crippen molar-refractivity contribution >= 4 is 40.4 Å². The Balaban J connectivity index is 5.10. The van der Waals surface area contributed by atoms with Crippen LogP contribution in [-0.2, 0) is 22.8 Å². The van der Waals surface area contributed by atoms with Gasteiger partial charge >= 0.3 is 140 Å². The van der Waals surface area contributed by atoms with Crippen LogP contribution in [0.2, 0.25) is 0 Å². The fourth-order valence-electron chi connectivity index (χ4n) is 1.40.